The van der Waals surface area contributed by atoms with Crippen LogP contribution in [0.15, 0.2) is 4.34 Å². The summed E-state index contributed by atoms with van der Waals surface area (Å²) in [6, 6.07) is 0. The lowest BCUT2D eigenvalue weighted by Gasteiger charge is -2.26. The van der Waals surface area contributed by atoms with Crippen LogP contribution >= 0.6 is 23.3 Å². The molecule has 0 amide bonds. The van der Waals surface area contributed by atoms with Gasteiger partial charge in [-0.05, 0) is 45.8 Å². The number of nitrogens with zero attached hydrogens (tertiary/aromatic N) is 2. The molecule has 1 aromatic heterocycles. The normalized spacial score (nSPS) is 14.2. The standard InChI is InChI=1S/C11H19N3O2S2/c1-5-16-9(15)11(3,12-4)6-7-17-10-13-8(2)14-18-10/h12H,5-7H2,1-4H3. The number of carbonyl (C=O) groups excluding carboxylic acids is 1. The van der Waals surface area contributed by atoms with Crippen molar-refractivity contribution in [3.05, 3.63) is 5.82 Å². The average molecular weight is 289 g/mol. The van der Waals surface area contributed by atoms with E-state index < -0.39 is 5.54 Å². The lowest BCUT2D eigenvalue weighted by Crippen LogP contribution is -2.49. The zero-order valence-electron chi connectivity index (χ0n) is 11.1. The molecule has 1 N–H and O–H groups in total. The number of esters is 1. The molecular weight excluding hydrogens is 270 g/mol. The van der Waals surface area contributed by atoms with E-state index in [0.29, 0.717) is 13.0 Å². The van der Waals surface area contributed by atoms with Crippen LogP contribution in [0, 0.1) is 6.92 Å². The van der Waals surface area contributed by atoms with Gasteiger partial charge in [-0.3, -0.25) is 4.79 Å². The Hall–Kier alpha value is -0.660. The van der Waals surface area contributed by atoms with Crippen LogP contribution in [0.25, 0.3) is 0 Å². The van der Waals surface area contributed by atoms with Crippen LogP contribution in [0.1, 0.15) is 26.1 Å². The molecule has 0 aliphatic rings. The van der Waals surface area contributed by atoms with E-state index in [2.05, 4.69) is 14.7 Å². The quantitative estimate of drug-likeness (QED) is 0.611. The maximum atomic E-state index is 11.8. The molecule has 1 heterocycles. The van der Waals surface area contributed by atoms with E-state index in [9.17, 15) is 4.79 Å². The van der Waals surface area contributed by atoms with Crippen LogP contribution in [0.4, 0.5) is 0 Å². The Balaban J connectivity index is 2.46. The van der Waals surface area contributed by atoms with Gasteiger partial charge in [0.05, 0.1) is 6.61 Å². The van der Waals surface area contributed by atoms with Gasteiger partial charge < -0.3 is 10.1 Å². The summed E-state index contributed by atoms with van der Waals surface area (Å²) < 4.78 is 10.1. The summed E-state index contributed by atoms with van der Waals surface area (Å²) in [6.07, 6.45) is 0.686. The molecule has 7 heteroatoms. The van der Waals surface area contributed by atoms with Crippen LogP contribution in [-0.4, -0.2) is 40.3 Å². The number of hydrogen-bond donors (Lipinski definition) is 1. The van der Waals surface area contributed by atoms with Gasteiger partial charge in [-0.2, -0.15) is 4.37 Å². The van der Waals surface area contributed by atoms with Crippen molar-refractivity contribution in [1.82, 2.24) is 14.7 Å². The highest BCUT2D eigenvalue weighted by molar-refractivity contribution is 8.00. The highest BCUT2D eigenvalue weighted by atomic mass is 32.2. The average Bonchev–Trinajstić information content (AvgIpc) is 2.75. The minimum atomic E-state index is -0.636. The van der Waals surface area contributed by atoms with Crippen molar-refractivity contribution < 1.29 is 9.53 Å². The molecule has 0 radical (unpaired) electrons. The van der Waals surface area contributed by atoms with Gasteiger partial charge in [0.1, 0.15) is 11.4 Å². The summed E-state index contributed by atoms with van der Waals surface area (Å²) in [5, 5.41) is 3.03. The fraction of sp³-hybridized carbons (Fsp3) is 0.727. The van der Waals surface area contributed by atoms with Crippen LogP contribution in [0.5, 0.6) is 0 Å². The van der Waals surface area contributed by atoms with Crippen LogP contribution < -0.4 is 5.32 Å². The van der Waals surface area contributed by atoms with E-state index >= 15 is 0 Å². The molecule has 1 aromatic rings. The van der Waals surface area contributed by atoms with E-state index in [-0.39, 0.29) is 5.97 Å². The molecule has 0 aliphatic carbocycles. The number of likely N-dealkylation sites (N-methyl/N-ethyl adjacent to an activating group) is 1. The Labute approximate surface area is 116 Å². The second kappa shape index (κ2) is 7.06. The minimum absolute atomic E-state index is 0.207. The molecule has 0 spiro atoms. The van der Waals surface area contributed by atoms with Gasteiger partial charge in [-0.15, -0.1) is 0 Å². The molecular formula is C11H19N3O2S2. The maximum absolute atomic E-state index is 11.8. The number of carbonyl (C=O) groups is 1. The predicted molar refractivity (Wildman–Crippen MR) is 74.1 cm³/mol. The van der Waals surface area contributed by atoms with Crippen molar-refractivity contribution in [3.8, 4) is 0 Å². The summed E-state index contributed by atoms with van der Waals surface area (Å²) in [4.78, 5) is 16.1. The molecule has 0 aliphatic heterocycles. The third-order valence-corrected chi connectivity index (χ3v) is 4.54. The topological polar surface area (TPSA) is 64.1 Å². The lowest BCUT2D eigenvalue weighted by molar-refractivity contribution is -0.150. The summed E-state index contributed by atoms with van der Waals surface area (Å²) >= 11 is 3.01. The largest absolute Gasteiger partial charge is 0.465 e. The van der Waals surface area contributed by atoms with Gasteiger partial charge >= 0.3 is 5.97 Å². The van der Waals surface area contributed by atoms with E-state index in [0.717, 1.165) is 15.9 Å². The molecule has 0 bridgehead atoms. The van der Waals surface area contributed by atoms with Crippen molar-refractivity contribution >= 4 is 29.3 Å². The first kappa shape index (κ1) is 15.4. The van der Waals surface area contributed by atoms with Crippen molar-refractivity contribution in [2.45, 2.75) is 37.1 Å². The lowest BCUT2D eigenvalue weighted by atomic mass is 10.00. The number of aromatic nitrogens is 2. The second-order valence-electron chi connectivity index (χ2n) is 4.01. The number of hydrogen-bond acceptors (Lipinski definition) is 7. The van der Waals surface area contributed by atoms with Crippen molar-refractivity contribution in [3.63, 3.8) is 0 Å². The monoisotopic (exact) mass is 289 g/mol. The number of thioether (sulfide) groups is 1. The molecule has 102 valence electrons. The molecule has 5 nitrogen and oxygen atoms in total. The van der Waals surface area contributed by atoms with Gasteiger partial charge in [0.25, 0.3) is 0 Å². The molecule has 1 atom stereocenters. The van der Waals surface area contributed by atoms with Gasteiger partial charge in [0, 0.05) is 5.75 Å². The first-order valence-corrected chi connectivity index (χ1v) is 7.57. The Bertz CT molecular complexity index is 397. The first-order valence-electron chi connectivity index (χ1n) is 5.81. The van der Waals surface area contributed by atoms with Gasteiger partial charge in [-0.1, -0.05) is 11.8 Å². The molecule has 1 unspecified atom stereocenters. The molecule has 0 fully saturated rings. The fourth-order valence-corrected chi connectivity index (χ4v) is 3.18. The van der Waals surface area contributed by atoms with E-state index in [4.69, 9.17) is 4.74 Å². The highest BCUT2D eigenvalue weighted by Crippen LogP contribution is 2.23. The van der Waals surface area contributed by atoms with E-state index in [1.54, 1.807) is 18.8 Å². The fourth-order valence-electron chi connectivity index (χ4n) is 1.30. The summed E-state index contributed by atoms with van der Waals surface area (Å²) in [6.45, 7) is 5.94. The zero-order chi connectivity index (χ0) is 13.6. The highest BCUT2D eigenvalue weighted by Gasteiger charge is 2.32. The van der Waals surface area contributed by atoms with Crippen molar-refractivity contribution in [2.24, 2.45) is 0 Å². The van der Waals surface area contributed by atoms with Crippen molar-refractivity contribution in [2.75, 3.05) is 19.4 Å². The first-order chi connectivity index (χ1) is 8.51. The summed E-state index contributed by atoms with van der Waals surface area (Å²) in [5.74, 6) is 1.39. The van der Waals surface area contributed by atoms with Gasteiger partial charge in [0.15, 0.2) is 4.34 Å². The third kappa shape index (κ3) is 4.22. The second-order valence-corrected chi connectivity index (χ2v) is 6.10. The Kier molecular flexibility index (Phi) is 6.04. The predicted octanol–water partition coefficient (Wildman–Crippen LogP) is 1.87. The van der Waals surface area contributed by atoms with Gasteiger partial charge in [-0.25, -0.2) is 4.98 Å². The Morgan fingerprint density at radius 3 is 2.83 bits per heavy atom. The SMILES string of the molecule is CCOC(=O)C(C)(CCSc1nc(C)ns1)NC. The van der Waals surface area contributed by atoms with Gasteiger partial charge in [0.2, 0.25) is 0 Å². The van der Waals surface area contributed by atoms with E-state index in [1.165, 1.54) is 11.5 Å². The molecule has 18 heavy (non-hydrogen) atoms. The minimum Gasteiger partial charge on any atom is -0.465 e. The Morgan fingerprint density at radius 2 is 2.33 bits per heavy atom. The number of rotatable bonds is 7. The Morgan fingerprint density at radius 1 is 1.61 bits per heavy atom. The third-order valence-electron chi connectivity index (χ3n) is 2.61. The van der Waals surface area contributed by atoms with Crippen molar-refractivity contribution in [1.29, 1.82) is 0 Å². The van der Waals surface area contributed by atoms with Crippen LogP contribution in [0.3, 0.4) is 0 Å². The van der Waals surface area contributed by atoms with Crippen LogP contribution in [-0.2, 0) is 9.53 Å². The van der Waals surface area contributed by atoms with Crippen LogP contribution in [0.2, 0.25) is 0 Å². The summed E-state index contributed by atoms with van der Waals surface area (Å²) in [7, 11) is 1.77. The maximum Gasteiger partial charge on any atom is 0.326 e. The smallest absolute Gasteiger partial charge is 0.326 e. The molecule has 1 rings (SSSR count). The summed E-state index contributed by atoms with van der Waals surface area (Å²) in [5.41, 5.74) is -0.636. The molecule has 0 saturated heterocycles. The van der Waals surface area contributed by atoms with E-state index in [1.807, 2.05) is 20.8 Å². The molecule has 0 saturated carbocycles. The zero-order valence-corrected chi connectivity index (χ0v) is 12.8. The number of aryl methyl sites for hydroxylation is 1. The number of ether oxygens (including phenoxy) is 1. The number of nitrogens with one attached hydrogen (secondary N) is 1. The molecule has 0 aromatic carbocycles.